The van der Waals surface area contributed by atoms with E-state index in [4.69, 9.17) is 0 Å². The largest absolute Gasteiger partial charge is 0.292 e. The molecule has 92 valence electrons. The zero-order valence-electron chi connectivity index (χ0n) is 10.3. The van der Waals surface area contributed by atoms with Crippen molar-refractivity contribution in [2.24, 2.45) is 5.92 Å². The van der Waals surface area contributed by atoms with Crippen molar-refractivity contribution >= 4 is 5.91 Å². The molecule has 1 aromatic rings. The average molecular weight is 232 g/mol. The van der Waals surface area contributed by atoms with Gasteiger partial charge in [0.25, 0.3) is 0 Å². The maximum Gasteiger partial charge on any atom is 0.230 e. The van der Waals surface area contributed by atoms with Gasteiger partial charge in [-0.1, -0.05) is 36.8 Å². The van der Waals surface area contributed by atoms with Crippen LogP contribution in [0.1, 0.15) is 31.7 Å². The SMILES string of the molecule is CC(=O)NN[C@@H]1CCC[C@H]1Cc1ccccc1. The van der Waals surface area contributed by atoms with E-state index in [-0.39, 0.29) is 5.91 Å². The molecule has 1 aliphatic carbocycles. The van der Waals surface area contributed by atoms with Gasteiger partial charge in [0.2, 0.25) is 5.91 Å². The first-order valence-electron chi connectivity index (χ1n) is 6.32. The number of carbonyl (C=O) groups is 1. The van der Waals surface area contributed by atoms with Gasteiger partial charge in [-0.15, -0.1) is 0 Å². The van der Waals surface area contributed by atoms with E-state index in [9.17, 15) is 4.79 Å². The summed E-state index contributed by atoms with van der Waals surface area (Å²) in [6.45, 7) is 1.54. The predicted octanol–water partition coefficient (Wildman–Crippen LogP) is 2.04. The van der Waals surface area contributed by atoms with Crippen LogP contribution in [0.4, 0.5) is 0 Å². The zero-order valence-corrected chi connectivity index (χ0v) is 10.3. The Morgan fingerprint density at radius 1 is 1.29 bits per heavy atom. The third-order valence-electron chi connectivity index (χ3n) is 3.43. The first-order chi connectivity index (χ1) is 8.25. The summed E-state index contributed by atoms with van der Waals surface area (Å²) in [6.07, 6.45) is 4.73. The van der Waals surface area contributed by atoms with Gasteiger partial charge in [0.05, 0.1) is 0 Å². The molecular formula is C14H20N2O. The van der Waals surface area contributed by atoms with E-state index in [2.05, 4.69) is 35.1 Å². The Balaban J connectivity index is 1.89. The maximum absolute atomic E-state index is 10.9. The van der Waals surface area contributed by atoms with E-state index in [0.717, 1.165) is 12.8 Å². The van der Waals surface area contributed by atoms with Crippen molar-refractivity contribution in [3.05, 3.63) is 35.9 Å². The molecule has 2 N–H and O–H groups in total. The molecule has 0 radical (unpaired) electrons. The van der Waals surface area contributed by atoms with E-state index in [1.807, 2.05) is 6.07 Å². The van der Waals surface area contributed by atoms with Crippen LogP contribution in [0.3, 0.4) is 0 Å². The lowest BCUT2D eigenvalue weighted by atomic mass is 9.95. The Kier molecular flexibility index (Phi) is 4.15. The molecule has 1 aliphatic rings. The number of rotatable bonds is 4. The van der Waals surface area contributed by atoms with Gasteiger partial charge in [0.15, 0.2) is 0 Å². The molecule has 3 nitrogen and oxygen atoms in total. The molecule has 0 bridgehead atoms. The number of hydrogen-bond donors (Lipinski definition) is 2. The van der Waals surface area contributed by atoms with Crippen molar-refractivity contribution < 1.29 is 4.79 Å². The molecule has 3 heteroatoms. The molecule has 1 amide bonds. The fourth-order valence-corrected chi connectivity index (χ4v) is 2.58. The third kappa shape index (κ3) is 3.56. The molecule has 1 fully saturated rings. The van der Waals surface area contributed by atoms with Gasteiger partial charge in [-0.2, -0.15) is 0 Å². The van der Waals surface area contributed by atoms with Gasteiger partial charge in [0.1, 0.15) is 0 Å². The van der Waals surface area contributed by atoms with Crippen LogP contribution < -0.4 is 10.9 Å². The van der Waals surface area contributed by atoms with Gasteiger partial charge in [0, 0.05) is 13.0 Å². The Morgan fingerprint density at radius 2 is 2.06 bits per heavy atom. The summed E-state index contributed by atoms with van der Waals surface area (Å²) < 4.78 is 0. The lowest BCUT2D eigenvalue weighted by Gasteiger charge is -2.21. The van der Waals surface area contributed by atoms with E-state index in [1.54, 1.807) is 0 Å². The third-order valence-corrected chi connectivity index (χ3v) is 3.43. The molecule has 0 aliphatic heterocycles. The lowest BCUT2D eigenvalue weighted by Crippen LogP contribution is -2.45. The highest BCUT2D eigenvalue weighted by atomic mass is 16.2. The molecular weight excluding hydrogens is 212 g/mol. The monoisotopic (exact) mass is 232 g/mol. The van der Waals surface area contributed by atoms with Gasteiger partial charge in [-0.3, -0.25) is 10.2 Å². The fourth-order valence-electron chi connectivity index (χ4n) is 2.58. The van der Waals surface area contributed by atoms with Crippen molar-refractivity contribution in [1.82, 2.24) is 10.9 Å². The molecule has 0 heterocycles. The van der Waals surface area contributed by atoms with Crippen molar-refractivity contribution in [3.63, 3.8) is 0 Å². The van der Waals surface area contributed by atoms with E-state index in [1.165, 1.54) is 25.3 Å². The summed E-state index contributed by atoms with van der Waals surface area (Å²) in [5.74, 6) is 0.611. The van der Waals surface area contributed by atoms with E-state index < -0.39 is 0 Å². The Labute approximate surface area is 103 Å². The molecule has 0 spiro atoms. The number of carbonyl (C=O) groups excluding carboxylic acids is 1. The van der Waals surface area contributed by atoms with Crippen LogP contribution in [0.25, 0.3) is 0 Å². The minimum absolute atomic E-state index is 0.0182. The minimum atomic E-state index is -0.0182. The first-order valence-corrected chi connectivity index (χ1v) is 6.32. The van der Waals surface area contributed by atoms with Crippen LogP contribution in [0.15, 0.2) is 30.3 Å². The summed E-state index contributed by atoms with van der Waals surface area (Å²) >= 11 is 0. The van der Waals surface area contributed by atoms with Crippen LogP contribution >= 0.6 is 0 Å². The van der Waals surface area contributed by atoms with Crippen LogP contribution in [0.5, 0.6) is 0 Å². The molecule has 1 saturated carbocycles. The molecule has 2 rings (SSSR count). The Morgan fingerprint density at radius 3 is 2.76 bits per heavy atom. The predicted molar refractivity (Wildman–Crippen MR) is 68.2 cm³/mol. The number of nitrogens with one attached hydrogen (secondary N) is 2. The van der Waals surface area contributed by atoms with Gasteiger partial charge in [-0.25, -0.2) is 5.43 Å². The lowest BCUT2D eigenvalue weighted by molar-refractivity contribution is -0.120. The molecule has 1 aromatic carbocycles. The number of hydrazine groups is 1. The Bertz CT molecular complexity index is 364. The fraction of sp³-hybridized carbons (Fsp3) is 0.500. The van der Waals surface area contributed by atoms with Crippen LogP contribution in [-0.4, -0.2) is 11.9 Å². The maximum atomic E-state index is 10.9. The molecule has 0 unspecified atom stereocenters. The van der Waals surface area contributed by atoms with Crippen LogP contribution in [0.2, 0.25) is 0 Å². The molecule has 0 saturated heterocycles. The van der Waals surface area contributed by atoms with Crippen LogP contribution in [-0.2, 0) is 11.2 Å². The summed E-state index contributed by atoms with van der Waals surface area (Å²) in [7, 11) is 0. The molecule has 17 heavy (non-hydrogen) atoms. The standard InChI is InChI=1S/C14H20N2O/c1-11(17)15-16-14-9-5-8-13(14)10-12-6-3-2-4-7-12/h2-4,6-7,13-14,16H,5,8-10H2,1H3,(H,15,17)/t13-,14+/m0/s1. The van der Waals surface area contributed by atoms with Crippen LogP contribution in [0, 0.1) is 5.92 Å². The van der Waals surface area contributed by atoms with Crippen molar-refractivity contribution in [2.45, 2.75) is 38.6 Å². The second kappa shape index (κ2) is 5.82. The van der Waals surface area contributed by atoms with Gasteiger partial charge < -0.3 is 0 Å². The molecule has 0 aromatic heterocycles. The van der Waals surface area contributed by atoms with Crippen molar-refractivity contribution in [3.8, 4) is 0 Å². The van der Waals surface area contributed by atoms with Gasteiger partial charge >= 0.3 is 0 Å². The minimum Gasteiger partial charge on any atom is -0.292 e. The number of hydrogen-bond acceptors (Lipinski definition) is 2. The quantitative estimate of drug-likeness (QED) is 0.780. The smallest absolute Gasteiger partial charge is 0.230 e. The second-order valence-electron chi connectivity index (χ2n) is 4.81. The summed E-state index contributed by atoms with van der Waals surface area (Å²) in [4.78, 5) is 10.9. The number of benzene rings is 1. The first kappa shape index (κ1) is 12.1. The summed E-state index contributed by atoms with van der Waals surface area (Å²) in [6, 6.07) is 11.0. The van der Waals surface area contributed by atoms with Crippen molar-refractivity contribution in [2.75, 3.05) is 0 Å². The average Bonchev–Trinajstić information content (AvgIpc) is 2.75. The molecule has 2 atom stereocenters. The summed E-state index contributed by atoms with van der Waals surface area (Å²) in [5, 5.41) is 0. The zero-order chi connectivity index (χ0) is 12.1. The topological polar surface area (TPSA) is 41.1 Å². The van der Waals surface area contributed by atoms with E-state index in [0.29, 0.717) is 12.0 Å². The number of amides is 1. The highest BCUT2D eigenvalue weighted by Crippen LogP contribution is 2.28. The summed E-state index contributed by atoms with van der Waals surface area (Å²) in [5.41, 5.74) is 7.25. The van der Waals surface area contributed by atoms with E-state index >= 15 is 0 Å². The van der Waals surface area contributed by atoms with Gasteiger partial charge in [-0.05, 0) is 30.7 Å². The second-order valence-corrected chi connectivity index (χ2v) is 4.81. The highest BCUT2D eigenvalue weighted by Gasteiger charge is 2.27. The normalized spacial score (nSPS) is 23.6. The highest BCUT2D eigenvalue weighted by molar-refractivity contribution is 5.72. The van der Waals surface area contributed by atoms with Crippen molar-refractivity contribution in [1.29, 1.82) is 0 Å². The Hall–Kier alpha value is -1.35.